The van der Waals surface area contributed by atoms with Crippen LogP contribution in [-0.4, -0.2) is 51.9 Å². The van der Waals surface area contributed by atoms with E-state index in [1.165, 1.54) is 11.8 Å². The predicted octanol–water partition coefficient (Wildman–Crippen LogP) is 4.04. The average Bonchev–Trinajstić information content (AvgIpc) is 3.23. The molecule has 1 fully saturated rings. The zero-order chi connectivity index (χ0) is 23.0. The monoisotopic (exact) mass is 464 g/mol. The molecule has 3 aromatic rings. The van der Waals surface area contributed by atoms with E-state index in [1.807, 2.05) is 71.0 Å². The van der Waals surface area contributed by atoms with Crippen molar-refractivity contribution in [3.05, 3.63) is 84.2 Å². The van der Waals surface area contributed by atoms with Crippen LogP contribution in [0.5, 0.6) is 5.75 Å². The largest absolute Gasteiger partial charge is 0.486 e. The second kappa shape index (κ2) is 11.2. The van der Waals surface area contributed by atoms with Crippen LogP contribution < -0.4 is 4.74 Å². The van der Waals surface area contributed by atoms with Gasteiger partial charge in [0.2, 0.25) is 5.91 Å². The molecule has 1 amide bonds. The molecule has 0 spiro atoms. The minimum atomic E-state index is -0.428. The lowest BCUT2D eigenvalue weighted by atomic mass is 10.1. The quantitative estimate of drug-likeness (QED) is 0.352. The standard InChI is InChI=1S/C25H28N4O3S/c1-3-12-29-22(18-32-21-11-7-8-19(2)17-21)26-27-25(29)33-23(20-9-5-4-6-10-20)24(30)28-13-15-31-16-14-28/h3-11,17,23H,1,12-16,18H2,2H3. The Balaban J connectivity index is 1.57. The Morgan fingerprint density at radius 1 is 1.18 bits per heavy atom. The second-order valence-electron chi connectivity index (χ2n) is 7.75. The molecule has 2 aromatic carbocycles. The summed E-state index contributed by atoms with van der Waals surface area (Å²) in [7, 11) is 0. The Bertz CT molecular complexity index is 1080. The molecule has 4 rings (SSSR count). The fraction of sp³-hybridized carbons (Fsp3) is 0.320. The minimum Gasteiger partial charge on any atom is -0.486 e. The molecule has 172 valence electrons. The molecule has 7 nitrogen and oxygen atoms in total. The summed E-state index contributed by atoms with van der Waals surface area (Å²) in [5.41, 5.74) is 2.06. The summed E-state index contributed by atoms with van der Waals surface area (Å²) in [5, 5.41) is 9.01. The zero-order valence-electron chi connectivity index (χ0n) is 18.7. The first-order valence-corrected chi connectivity index (χ1v) is 11.8. The Morgan fingerprint density at radius 3 is 2.70 bits per heavy atom. The smallest absolute Gasteiger partial charge is 0.240 e. The van der Waals surface area contributed by atoms with Crippen molar-refractivity contribution < 1.29 is 14.3 Å². The van der Waals surface area contributed by atoms with Crippen molar-refractivity contribution in [3.8, 4) is 5.75 Å². The van der Waals surface area contributed by atoms with Crippen LogP contribution in [0.1, 0.15) is 22.2 Å². The number of thioether (sulfide) groups is 1. The van der Waals surface area contributed by atoms with Gasteiger partial charge in [0.25, 0.3) is 0 Å². The SMILES string of the molecule is C=CCn1c(COc2cccc(C)c2)nnc1SC(C(=O)N1CCOCC1)c1ccccc1. The molecule has 1 aliphatic rings. The van der Waals surface area contributed by atoms with E-state index in [0.29, 0.717) is 43.8 Å². The van der Waals surface area contributed by atoms with E-state index in [0.717, 1.165) is 16.9 Å². The maximum Gasteiger partial charge on any atom is 0.240 e. The van der Waals surface area contributed by atoms with Gasteiger partial charge in [-0.3, -0.25) is 9.36 Å². The molecule has 1 aromatic heterocycles. The number of benzene rings is 2. The van der Waals surface area contributed by atoms with Gasteiger partial charge in [-0.05, 0) is 30.2 Å². The fourth-order valence-corrected chi connectivity index (χ4v) is 4.77. The molecule has 0 saturated carbocycles. The number of ether oxygens (including phenoxy) is 2. The number of allylic oxidation sites excluding steroid dienone is 1. The Morgan fingerprint density at radius 2 is 1.97 bits per heavy atom. The minimum absolute atomic E-state index is 0.0558. The fourth-order valence-electron chi connectivity index (χ4n) is 3.62. The Hall–Kier alpha value is -3.10. The van der Waals surface area contributed by atoms with Gasteiger partial charge in [0, 0.05) is 19.6 Å². The summed E-state index contributed by atoms with van der Waals surface area (Å²) in [6.45, 7) is 9.01. The highest BCUT2D eigenvalue weighted by Gasteiger charge is 2.30. The number of amides is 1. The first-order valence-electron chi connectivity index (χ1n) is 11.0. The normalized spacial score (nSPS) is 14.6. The van der Waals surface area contributed by atoms with Crippen molar-refractivity contribution in [2.75, 3.05) is 26.3 Å². The van der Waals surface area contributed by atoms with Crippen molar-refractivity contribution in [3.63, 3.8) is 0 Å². The van der Waals surface area contributed by atoms with Gasteiger partial charge < -0.3 is 14.4 Å². The van der Waals surface area contributed by atoms with Crippen LogP contribution in [0.3, 0.4) is 0 Å². The van der Waals surface area contributed by atoms with Gasteiger partial charge in [0.1, 0.15) is 17.6 Å². The summed E-state index contributed by atoms with van der Waals surface area (Å²) in [6.07, 6.45) is 1.80. The van der Waals surface area contributed by atoms with E-state index in [2.05, 4.69) is 16.8 Å². The molecule has 0 bridgehead atoms. The number of aromatic nitrogens is 3. The van der Waals surface area contributed by atoms with Gasteiger partial charge in [-0.25, -0.2) is 0 Å². The predicted molar refractivity (Wildman–Crippen MR) is 128 cm³/mol. The van der Waals surface area contributed by atoms with Gasteiger partial charge in [-0.15, -0.1) is 16.8 Å². The van der Waals surface area contributed by atoms with E-state index in [4.69, 9.17) is 9.47 Å². The zero-order valence-corrected chi connectivity index (χ0v) is 19.5. The molecular weight excluding hydrogens is 436 g/mol. The lowest BCUT2D eigenvalue weighted by molar-refractivity contribution is -0.134. The molecule has 1 aliphatic heterocycles. The number of morpholine rings is 1. The highest BCUT2D eigenvalue weighted by atomic mass is 32.2. The highest BCUT2D eigenvalue weighted by molar-refractivity contribution is 8.00. The number of rotatable bonds is 9. The maximum absolute atomic E-state index is 13.5. The van der Waals surface area contributed by atoms with E-state index < -0.39 is 5.25 Å². The van der Waals surface area contributed by atoms with Gasteiger partial charge in [-0.2, -0.15) is 0 Å². The van der Waals surface area contributed by atoms with Gasteiger partial charge in [-0.1, -0.05) is 60.3 Å². The number of nitrogens with zero attached hydrogens (tertiary/aromatic N) is 4. The molecule has 1 unspecified atom stereocenters. The summed E-state index contributed by atoms with van der Waals surface area (Å²) in [4.78, 5) is 15.3. The second-order valence-corrected chi connectivity index (χ2v) is 8.82. The van der Waals surface area contributed by atoms with E-state index in [9.17, 15) is 4.79 Å². The van der Waals surface area contributed by atoms with Crippen LogP contribution in [0.15, 0.2) is 72.4 Å². The lowest BCUT2D eigenvalue weighted by Crippen LogP contribution is -2.42. The van der Waals surface area contributed by atoms with Crippen LogP contribution in [0.4, 0.5) is 0 Å². The third-order valence-corrected chi connectivity index (χ3v) is 6.56. The van der Waals surface area contributed by atoms with Crippen molar-refractivity contribution in [2.45, 2.75) is 30.5 Å². The summed E-state index contributed by atoms with van der Waals surface area (Å²) >= 11 is 1.41. The third kappa shape index (κ3) is 5.83. The molecule has 0 radical (unpaired) electrons. The molecule has 1 saturated heterocycles. The molecule has 1 atom stereocenters. The van der Waals surface area contributed by atoms with Gasteiger partial charge in [0.15, 0.2) is 11.0 Å². The van der Waals surface area contributed by atoms with E-state index in [1.54, 1.807) is 6.08 Å². The number of aryl methyl sites for hydroxylation is 1. The Labute approximate surface area is 198 Å². The van der Waals surface area contributed by atoms with Crippen LogP contribution in [0.25, 0.3) is 0 Å². The molecule has 2 heterocycles. The summed E-state index contributed by atoms with van der Waals surface area (Å²) in [6, 6.07) is 17.7. The first-order chi connectivity index (χ1) is 16.2. The maximum atomic E-state index is 13.5. The number of carbonyl (C=O) groups is 1. The van der Waals surface area contributed by atoms with Crippen molar-refractivity contribution >= 4 is 17.7 Å². The summed E-state index contributed by atoms with van der Waals surface area (Å²) < 4.78 is 13.3. The molecule has 0 N–H and O–H groups in total. The topological polar surface area (TPSA) is 69.5 Å². The lowest BCUT2D eigenvalue weighted by Gasteiger charge is -2.30. The number of hydrogen-bond acceptors (Lipinski definition) is 6. The Kier molecular flexibility index (Phi) is 7.80. The van der Waals surface area contributed by atoms with Gasteiger partial charge in [0.05, 0.1) is 13.2 Å². The molecular formula is C25H28N4O3S. The molecule has 33 heavy (non-hydrogen) atoms. The van der Waals surface area contributed by atoms with Crippen molar-refractivity contribution in [2.24, 2.45) is 0 Å². The first kappa shape index (κ1) is 23.1. The van der Waals surface area contributed by atoms with Crippen LogP contribution >= 0.6 is 11.8 Å². The molecule has 0 aliphatic carbocycles. The highest BCUT2D eigenvalue weighted by Crippen LogP contribution is 2.36. The van der Waals surface area contributed by atoms with Crippen LogP contribution in [0.2, 0.25) is 0 Å². The third-order valence-electron chi connectivity index (χ3n) is 5.34. The number of hydrogen-bond donors (Lipinski definition) is 0. The van der Waals surface area contributed by atoms with Crippen molar-refractivity contribution in [1.82, 2.24) is 19.7 Å². The van der Waals surface area contributed by atoms with Gasteiger partial charge >= 0.3 is 0 Å². The molecule has 8 heteroatoms. The van der Waals surface area contributed by atoms with Crippen molar-refractivity contribution in [1.29, 1.82) is 0 Å². The van der Waals surface area contributed by atoms with E-state index >= 15 is 0 Å². The van der Waals surface area contributed by atoms with Crippen LogP contribution in [-0.2, 0) is 22.7 Å². The number of carbonyl (C=O) groups excluding carboxylic acids is 1. The van der Waals surface area contributed by atoms with Crippen LogP contribution in [0, 0.1) is 6.92 Å². The van der Waals surface area contributed by atoms with E-state index in [-0.39, 0.29) is 12.5 Å². The summed E-state index contributed by atoms with van der Waals surface area (Å²) in [5.74, 6) is 1.52. The average molecular weight is 465 g/mol.